The second kappa shape index (κ2) is 9.29. The number of hydrogen-bond donors (Lipinski definition) is 1. The Morgan fingerprint density at radius 2 is 1.70 bits per heavy atom. The van der Waals surface area contributed by atoms with Gasteiger partial charge in [-0.1, -0.05) is 6.08 Å². The molecule has 0 heterocycles. The first kappa shape index (κ1) is 19.3. The SMILES string of the molecule is CC(=O)OCC(C=CP(=O)(OC(C)C)OC(C)C)CO. The van der Waals surface area contributed by atoms with Crippen molar-refractivity contribution in [2.45, 2.75) is 46.8 Å². The fraction of sp³-hybridized carbons (Fsp3) is 0.769. The fourth-order valence-electron chi connectivity index (χ4n) is 1.30. The molecule has 0 aliphatic heterocycles. The summed E-state index contributed by atoms with van der Waals surface area (Å²) in [5.41, 5.74) is 0. The molecule has 0 saturated carbocycles. The van der Waals surface area contributed by atoms with E-state index >= 15 is 0 Å². The van der Waals surface area contributed by atoms with Crippen molar-refractivity contribution in [1.29, 1.82) is 0 Å². The first-order valence-corrected chi connectivity index (χ1v) is 8.19. The second-order valence-electron chi connectivity index (χ2n) is 4.93. The molecule has 7 heteroatoms. The van der Waals surface area contributed by atoms with E-state index in [2.05, 4.69) is 0 Å². The molecule has 0 amide bonds. The van der Waals surface area contributed by atoms with Gasteiger partial charge in [-0.05, 0) is 27.7 Å². The predicted octanol–water partition coefficient (Wildman–Crippen LogP) is 2.71. The van der Waals surface area contributed by atoms with E-state index in [1.165, 1.54) is 18.8 Å². The standard InChI is InChI=1S/C13H25O6P/c1-10(2)18-20(16,19-11(3)4)7-6-13(8-14)9-17-12(5)15/h6-7,10-11,13-14H,8-9H2,1-5H3. The smallest absolute Gasteiger partial charge is 0.354 e. The molecule has 0 aromatic heterocycles. The Hall–Kier alpha value is -0.680. The first-order valence-electron chi connectivity index (χ1n) is 6.58. The largest absolute Gasteiger partial charge is 0.465 e. The van der Waals surface area contributed by atoms with E-state index in [4.69, 9.17) is 13.8 Å². The molecule has 0 aliphatic carbocycles. The van der Waals surface area contributed by atoms with Crippen LogP contribution in [0.4, 0.5) is 0 Å². The minimum atomic E-state index is -3.38. The van der Waals surface area contributed by atoms with E-state index in [1.807, 2.05) is 0 Å². The Balaban J connectivity index is 4.79. The number of rotatable bonds is 9. The van der Waals surface area contributed by atoms with Crippen LogP contribution < -0.4 is 0 Å². The van der Waals surface area contributed by atoms with Crippen molar-refractivity contribution in [3.63, 3.8) is 0 Å². The van der Waals surface area contributed by atoms with Crippen molar-refractivity contribution >= 4 is 13.6 Å². The van der Waals surface area contributed by atoms with Gasteiger partial charge in [0.25, 0.3) is 0 Å². The van der Waals surface area contributed by atoms with Crippen LogP contribution in [-0.2, 0) is 23.1 Å². The van der Waals surface area contributed by atoms with Crippen molar-refractivity contribution in [2.24, 2.45) is 5.92 Å². The van der Waals surface area contributed by atoms with E-state index in [1.54, 1.807) is 27.7 Å². The van der Waals surface area contributed by atoms with Crippen LogP contribution >= 0.6 is 7.60 Å². The number of hydrogen-bond acceptors (Lipinski definition) is 6. The third-order valence-electron chi connectivity index (χ3n) is 1.99. The lowest BCUT2D eigenvalue weighted by molar-refractivity contribution is -0.142. The summed E-state index contributed by atoms with van der Waals surface area (Å²) < 4.78 is 27.9. The average molecular weight is 308 g/mol. The molecule has 0 saturated heterocycles. The third kappa shape index (κ3) is 9.26. The maximum Gasteiger partial charge on any atom is 0.354 e. The molecule has 0 bridgehead atoms. The van der Waals surface area contributed by atoms with Gasteiger partial charge < -0.3 is 18.9 Å². The lowest BCUT2D eigenvalue weighted by Crippen LogP contribution is -2.14. The minimum absolute atomic E-state index is 0.0195. The molecule has 6 nitrogen and oxygen atoms in total. The minimum Gasteiger partial charge on any atom is -0.465 e. The van der Waals surface area contributed by atoms with E-state index in [9.17, 15) is 14.5 Å². The Morgan fingerprint density at radius 3 is 2.05 bits per heavy atom. The van der Waals surface area contributed by atoms with Crippen LogP contribution in [0.3, 0.4) is 0 Å². The molecule has 0 spiro atoms. The number of carbonyl (C=O) groups excluding carboxylic acids is 1. The molecule has 1 unspecified atom stereocenters. The third-order valence-corrected chi connectivity index (χ3v) is 3.96. The highest BCUT2D eigenvalue weighted by molar-refractivity contribution is 7.57. The highest BCUT2D eigenvalue weighted by Gasteiger charge is 2.24. The first-order chi connectivity index (χ1) is 9.18. The summed E-state index contributed by atoms with van der Waals surface area (Å²) in [5.74, 6) is 0.438. The highest BCUT2D eigenvalue weighted by atomic mass is 31.2. The summed E-state index contributed by atoms with van der Waals surface area (Å²) in [7, 11) is -3.38. The van der Waals surface area contributed by atoms with Gasteiger partial charge in [0.1, 0.15) is 0 Å². The molecule has 0 aromatic carbocycles. The Labute approximate surface area is 120 Å². The summed E-state index contributed by atoms with van der Waals surface area (Å²) in [6, 6.07) is 0. The molecule has 0 aliphatic rings. The van der Waals surface area contributed by atoms with Crippen molar-refractivity contribution < 1.29 is 28.3 Å². The van der Waals surface area contributed by atoms with Gasteiger partial charge in [0.15, 0.2) is 0 Å². The number of aliphatic hydroxyl groups is 1. The van der Waals surface area contributed by atoms with Gasteiger partial charge in [0, 0.05) is 18.7 Å². The summed E-state index contributed by atoms with van der Waals surface area (Å²) >= 11 is 0. The van der Waals surface area contributed by atoms with Crippen LogP contribution in [0.15, 0.2) is 11.9 Å². The zero-order chi connectivity index (χ0) is 15.8. The van der Waals surface area contributed by atoms with Gasteiger partial charge in [0.2, 0.25) is 0 Å². The second-order valence-corrected chi connectivity index (χ2v) is 6.73. The monoisotopic (exact) mass is 308 g/mol. The number of esters is 1. The Bertz CT molecular complexity index is 350. The lowest BCUT2D eigenvalue weighted by Gasteiger charge is -2.20. The molecule has 1 N–H and O–H groups in total. The zero-order valence-electron chi connectivity index (χ0n) is 12.7. The maximum absolute atomic E-state index is 12.5. The number of carbonyl (C=O) groups is 1. The molecule has 20 heavy (non-hydrogen) atoms. The van der Waals surface area contributed by atoms with Gasteiger partial charge in [-0.3, -0.25) is 9.36 Å². The maximum atomic E-state index is 12.5. The predicted molar refractivity (Wildman–Crippen MR) is 76.4 cm³/mol. The van der Waals surface area contributed by atoms with Crippen LogP contribution in [0.5, 0.6) is 0 Å². The van der Waals surface area contributed by atoms with Crippen LogP contribution in [-0.4, -0.2) is 36.5 Å². The van der Waals surface area contributed by atoms with Crippen molar-refractivity contribution in [2.75, 3.05) is 13.2 Å². The molecule has 118 valence electrons. The van der Waals surface area contributed by atoms with E-state index < -0.39 is 19.5 Å². The lowest BCUT2D eigenvalue weighted by atomic mass is 10.2. The van der Waals surface area contributed by atoms with Crippen LogP contribution in [0.25, 0.3) is 0 Å². The van der Waals surface area contributed by atoms with Crippen LogP contribution in [0.1, 0.15) is 34.6 Å². The highest BCUT2D eigenvalue weighted by Crippen LogP contribution is 2.52. The molecule has 0 rings (SSSR count). The summed E-state index contributed by atoms with van der Waals surface area (Å²) in [6.07, 6.45) is 0.977. The van der Waals surface area contributed by atoms with Gasteiger partial charge in [0.05, 0.1) is 25.4 Å². The van der Waals surface area contributed by atoms with E-state index in [0.717, 1.165) is 0 Å². The molecular weight excluding hydrogens is 283 g/mol. The van der Waals surface area contributed by atoms with Gasteiger partial charge in [-0.15, -0.1) is 0 Å². The van der Waals surface area contributed by atoms with E-state index in [-0.39, 0.29) is 25.4 Å². The Morgan fingerprint density at radius 1 is 1.20 bits per heavy atom. The molecule has 0 fully saturated rings. The van der Waals surface area contributed by atoms with Crippen molar-refractivity contribution in [3.8, 4) is 0 Å². The van der Waals surface area contributed by atoms with Gasteiger partial charge >= 0.3 is 13.6 Å². The summed E-state index contributed by atoms with van der Waals surface area (Å²) in [4.78, 5) is 10.7. The Kier molecular flexibility index (Phi) is 8.98. The van der Waals surface area contributed by atoms with Gasteiger partial charge in [-0.2, -0.15) is 0 Å². The zero-order valence-corrected chi connectivity index (χ0v) is 13.6. The number of ether oxygens (including phenoxy) is 1. The molecule has 1 atom stereocenters. The summed E-state index contributed by atoms with van der Waals surface area (Å²) in [6.45, 7) is 8.10. The van der Waals surface area contributed by atoms with E-state index in [0.29, 0.717) is 0 Å². The number of aliphatic hydroxyl groups excluding tert-OH is 1. The van der Waals surface area contributed by atoms with Gasteiger partial charge in [-0.25, -0.2) is 0 Å². The quantitative estimate of drug-likeness (QED) is 0.521. The van der Waals surface area contributed by atoms with Crippen LogP contribution in [0, 0.1) is 5.92 Å². The fourth-order valence-corrected chi connectivity index (χ4v) is 3.12. The summed E-state index contributed by atoms with van der Waals surface area (Å²) in [5, 5.41) is 9.19. The normalized spacial score (nSPS) is 14.2. The molecule has 0 radical (unpaired) electrons. The van der Waals surface area contributed by atoms with Crippen LogP contribution in [0.2, 0.25) is 0 Å². The van der Waals surface area contributed by atoms with Crippen molar-refractivity contribution in [1.82, 2.24) is 0 Å². The topological polar surface area (TPSA) is 82.1 Å². The molecular formula is C13H25O6P. The molecule has 0 aromatic rings. The average Bonchev–Trinajstić information content (AvgIpc) is 2.26. The van der Waals surface area contributed by atoms with Crippen molar-refractivity contribution in [3.05, 3.63) is 11.9 Å².